The van der Waals surface area contributed by atoms with Crippen LogP contribution in [0.2, 0.25) is 0 Å². The molecule has 2 aliphatic rings. The average Bonchev–Trinajstić information content (AvgIpc) is 3.91. The molecule has 4 heterocycles. The zero-order chi connectivity index (χ0) is 50.5. The van der Waals surface area contributed by atoms with Gasteiger partial charge >= 0.3 is 0 Å². The molecule has 0 saturated heterocycles. The Morgan fingerprint density at radius 2 is 1.01 bits per heavy atom. The van der Waals surface area contributed by atoms with Crippen molar-refractivity contribution in [3.05, 3.63) is 204 Å². The van der Waals surface area contributed by atoms with Gasteiger partial charge in [0.2, 0.25) is 0 Å². The quantitative estimate of drug-likeness (QED) is 0.164. The van der Waals surface area contributed by atoms with Crippen molar-refractivity contribution in [1.29, 1.82) is 0 Å². The van der Waals surface area contributed by atoms with Gasteiger partial charge in [0.05, 0.1) is 16.7 Å². The fourth-order valence-corrected chi connectivity index (χ4v) is 12.2. The molecule has 0 fully saturated rings. The number of aromatic nitrogens is 1. The first-order valence-electron chi connectivity index (χ1n) is 26.1. The van der Waals surface area contributed by atoms with E-state index in [4.69, 9.17) is 4.42 Å². The molecule has 0 unspecified atom stereocenters. The van der Waals surface area contributed by atoms with E-state index in [1.165, 1.54) is 94.4 Å². The molecule has 0 bridgehead atoms. The van der Waals surface area contributed by atoms with Crippen LogP contribution in [0.4, 0.5) is 34.1 Å². The van der Waals surface area contributed by atoms with E-state index in [0.717, 1.165) is 44.4 Å². The molecule has 2 aromatic heterocycles. The molecule has 0 radical (unpaired) electrons. The summed E-state index contributed by atoms with van der Waals surface area (Å²) in [5, 5.41) is 4.78. The van der Waals surface area contributed by atoms with E-state index in [9.17, 15) is 0 Å². The van der Waals surface area contributed by atoms with Gasteiger partial charge in [0.25, 0.3) is 6.71 Å². The van der Waals surface area contributed by atoms with Gasteiger partial charge in [0, 0.05) is 61.2 Å². The maximum atomic E-state index is 6.61. The van der Waals surface area contributed by atoms with Crippen molar-refractivity contribution < 1.29 is 4.42 Å². The topological polar surface area (TPSA) is 24.6 Å². The van der Waals surface area contributed by atoms with E-state index in [1.54, 1.807) is 0 Å². The van der Waals surface area contributed by atoms with Crippen LogP contribution in [-0.4, -0.2) is 11.3 Å². The zero-order valence-electron chi connectivity index (χ0n) is 44.1. The first-order valence-corrected chi connectivity index (χ1v) is 26.1. The lowest BCUT2D eigenvalue weighted by atomic mass is 9.33. The molecule has 11 aromatic rings. The molecule has 0 spiro atoms. The number of hydrogen-bond donors (Lipinski definition) is 0. The third kappa shape index (κ3) is 6.95. The number of fused-ring (bicyclic) bond motifs is 10. The van der Waals surface area contributed by atoms with Crippen molar-refractivity contribution in [2.75, 3.05) is 9.80 Å². The maximum Gasteiger partial charge on any atom is 0.252 e. The first-order chi connectivity index (χ1) is 34.9. The standard InChI is InChI=1S/C68H62BN3O/c1-41-34-45(67(6,7)8)35-42(2)64(41)72-57-33-30-44(66(3,4)5)36-54(57)69-55-39-53-50-22-15-17-26-56(50)70(47-20-13-12-14-21-47)58(53)40-59(55)71(60-37-46(68(9,10)11)38-61(72)63(60)69)48-31-28-43(29-32-48)49-24-19-25-52-51-23-16-18-27-62(51)73-65(49)52/h12-40H,1-11H3. The molecule has 0 atom stereocenters. The molecular formula is C68H62BN3O. The molecule has 358 valence electrons. The smallest absolute Gasteiger partial charge is 0.252 e. The lowest BCUT2D eigenvalue weighted by Crippen LogP contribution is -2.61. The fourth-order valence-electron chi connectivity index (χ4n) is 12.2. The number of benzene rings is 9. The van der Waals surface area contributed by atoms with Gasteiger partial charge in [0.1, 0.15) is 11.2 Å². The van der Waals surface area contributed by atoms with Crippen molar-refractivity contribution in [2.24, 2.45) is 0 Å². The summed E-state index contributed by atoms with van der Waals surface area (Å²) in [4.78, 5) is 5.24. The molecular weight excluding hydrogens is 886 g/mol. The van der Waals surface area contributed by atoms with Gasteiger partial charge in [0.15, 0.2) is 0 Å². The second-order valence-corrected chi connectivity index (χ2v) is 24.0. The number of anilines is 6. The Morgan fingerprint density at radius 3 is 1.71 bits per heavy atom. The number of hydrogen-bond acceptors (Lipinski definition) is 3. The molecule has 73 heavy (non-hydrogen) atoms. The van der Waals surface area contributed by atoms with Crippen molar-refractivity contribution >= 4 is 101 Å². The first kappa shape index (κ1) is 45.1. The van der Waals surface area contributed by atoms with Gasteiger partial charge in [-0.05, 0) is 141 Å². The number of nitrogens with zero attached hydrogens (tertiary/aromatic N) is 3. The van der Waals surface area contributed by atoms with Crippen LogP contribution in [0.15, 0.2) is 180 Å². The van der Waals surface area contributed by atoms with Gasteiger partial charge in [-0.15, -0.1) is 0 Å². The zero-order valence-corrected chi connectivity index (χ0v) is 44.1. The minimum absolute atomic E-state index is 0.0131. The highest BCUT2D eigenvalue weighted by Gasteiger charge is 2.45. The summed E-state index contributed by atoms with van der Waals surface area (Å²) >= 11 is 0. The Balaban J connectivity index is 1.14. The SMILES string of the molecule is Cc1cc(C(C)(C)C)cc(C)c1N1c2ccc(C(C)(C)C)cc2B2c3cc4c5ccccc5n(-c5ccccc5)c4cc3N(c3ccc(-c4cccc5c4oc4ccccc45)cc3)c3cc(C(C)(C)C)cc1c32. The highest BCUT2D eigenvalue weighted by Crippen LogP contribution is 2.50. The largest absolute Gasteiger partial charge is 0.455 e. The monoisotopic (exact) mass is 947 g/mol. The minimum atomic E-state index is -0.159. The second kappa shape index (κ2) is 15.9. The van der Waals surface area contributed by atoms with Crippen molar-refractivity contribution in [2.45, 2.75) is 92.4 Å². The Morgan fingerprint density at radius 1 is 0.411 bits per heavy atom. The molecule has 13 rings (SSSR count). The van der Waals surface area contributed by atoms with Crippen LogP contribution in [0.5, 0.6) is 0 Å². The van der Waals surface area contributed by atoms with Gasteiger partial charge < -0.3 is 18.8 Å². The summed E-state index contributed by atoms with van der Waals surface area (Å²) in [6, 6.07) is 66.3. The lowest BCUT2D eigenvalue weighted by molar-refractivity contribution is 0.589. The molecule has 4 nitrogen and oxygen atoms in total. The van der Waals surface area contributed by atoms with E-state index >= 15 is 0 Å². The number of rotatable bonds is 4. The van der Waals surface area contributed by atoms with Crippen LogP contribution < -0.4 is 26.2 Å². The van der Waals surface area contributed by atoms with E-state index < -0.39 is 0 Å². The van der Waals surface area contributed by atoms with Crippen LogP contribution in [0.1, 0.15) is 90.1 Å². The molecule has 5 heteroatoms. The number of para-hydroxylation sites is 4. The highest BCUT2D eigenvalue weighted by molar-refractivity contribution is 7.00. The second-order valence-electron chi connectivity index (χ2n) is 24.0. The number of furan rings is 1. The lowest BCUT2D eigenvalue weighted by Gasteiger charge is -2.46. The molecule has 0 N–H and O–H groups in total. The molecule has 0 aliphatic carbocycles. The number of aryl methyl sites for hydroxylation is 2. The van der Waals surface area contributed by atoms with Crippen LogP contribution in [0, 0.1) is 13.8 Å². The molecule has 0 saturated carbocycles. The van der Waals surface area contributed by atoms with Gasteiger partial charge in [-0.3, -0.25) is 0 Å². The van der Waals surface area contributed by atoms with E-state index in [-0.39, 0.29) is 23.0 Å². The van der Waals surface area contributed by atoms with Gasteiger partial charge in [-0.25, -0.2) is 0 Å². The molecule has 9 aromatic carbocycles. The maximum absolute atomic E-state index is 6.61. The summed E-state index contributed by atoms with van der Waals surface area (Å²) in [5.74, 6) is 0. The van der Waals surface area contributed by atoms with Gasteiger partial charge in [-0.1, -0.05) is 178 Å². The predicted octanol–water partition coefficient (Wildman–Crippen LogP) is 16.9. The Kier molecular flexibility index (Phi) is 9.81. The summed E-state index contributed by atoms with van der Waals surface area (Å²) in [6.45, 7) is 25.7. The average molecular weight is 948 g/mol. The van der Waals surface area contributed by atoms with E-state index in [0.29, 0.717) is 0 Å². The summed E-state index contributed by atoms with van der Waals surface area (Å²) in [6.07, 6.45) is 0. The Bertz CT molecular complexity index is 4040. The Hall–Kier alpha value is -7.76. The minimum Gasteiger partial charge on any atom is -0.455 e. The third-order valence-electron chi connectivity index (χ3n) is 16.0. The summed E-state index contributed by atoms with van der Waals surface area (Å²) in [7, 11) is 0. The van der Waals surface area contributed by atoms with Gasteiger partial charge in [-0.2, -0.15) is 0 Å². The third-order valence-corrected chi connectivity index (χ3v) is 16.0. The van der Waals surface area contributed by atoms with Crippen LogP contribution in [0.25, 0.3) is 60.6 Å². The molecule has 2 aliphatic heterocycles. The summed E-state index contributed by atoms with van der Waals surface area (Å²) < 4.78 is 9.07. The van der Waals surface area contributed by atoms with Crippen LogP contribution in [0.3, 0.4) is 0 Å². The van der Waals surface area contributed by atoms with Crippen molar-refractivity contribution in [3.8, 4) is 16.8 Å². The van der Waals surface area contributed by atoms with Crippen molar-refractivity contribution in [3.63, 3.8) is 0 Å². The van der Waals surface area contributed by atoms with Crippen LogP contribution in [-0.2, 0) is 16.2 Å². The van der Waals surface area contributed by atoms with E-state index in [1.807, 2.05) is 6.07 Å². The highest BCUT2D eigenvalue weighted by atomic mass is 16.3. The van der Waals surface area contributed by atoms with E-state index in [2.05, 4.69) is 260 Å². The normalized spacial score (nSPS) is 13.6. The van der Waals surface area contributed by atoms with Crippen molar-refractivity contribution in [1.82, 2.24) is 4.57 Å². The molecule has 0 amide bonds. The fraction of sp³-hybridized carbons (Fsp3) is 0.206. The Labute approximate surface area is 430 Å². The predicted molar refractivity (Wildman–Crippen MR) is 313 cm³/mol. The van der Waals surface area contributed by atoms with Crippen LogP contribution >= 0.6 is 0 Å². The summed E-state index contributed by atoms with van der Waals surface area (Å²) in [5.41, 5.74) is 25.1.